The third-order valence-corrected chi connectivity index (χ3v) is 7.98. The SMILES string of the molecule is C[C@@H](c1cccc(-c2nnn[nH]2)c1)N1C(=O)[C@@H]2C[C@H]1CN2C[C@H](N)C(=O)N1[C@H](C#N)C[C@@H]2C[C@@H]21. The molecule has 2 bridgehead atoms. The van der Waals surface area contributed by atoms with Crippen LogP contribution in [0.4, 0.5) is 0 Å². The van der Waals surface area contributed by atoms with Crippen LogP contribution in [0.5, 0.6) is 0 Å². The van der Waals surface area contributed by atoms with E-state index in [2.05, 4.69) is 31.6 Å². The summed E-state index contributed by atoms with van der Waals surface area (Å²) in [6.45, 7) is 3.08. The maximum Gasteiger partial charge on any atom is 0.242 e. The molecule has 2 aromatic rings. The number of H-pyrrole nitrogens is 1. The fourth-order valence-corrected chi connectivity index (χ4v) is 6.20. The molecule has 0 radical (unpaired) electrons. The number of fused-ring (bicyclic) bond motifs is 3. The van der Waals surface area contributed by atoms with Crippen molar-refractivity contribution in [3.05, 3.63) is 29.8 Å². The lowest BCUT2D eigenvalue weighted by atomic mass is 10.0. The molecule has 11 heteroatoms. The lowest BCUT2D eigenvalue weighted by Crippen LogP contribution is -2.57. The van der Waals surface area contributed by atoms with E-state index in [0.29, 0.717) is 24.8 Å². The van der Waals surface area contributed by atoms with Crippen LogP contribution in [0.2, 0.25) is 0 Å². The van der Waals surface area contributed by atoms with Gasteiger partial charge in [-0.1, -0.05) is 18.2 Å². The minimum Gasteiger partial charge on any atom is -0.330 e. The van der Waals surface area contributed by atoms with Gasteiger partial charge in [-0.25, -0.2) is 5.10 Å². The Morgan fingerprint density at radius 1 is 1.35 bits per heavy atom. The summed E-state index contributed by atoms with van der Waals surface area (Å²) in [4.78, 5) is 32.1. The molecule has 1 aliphatic carbocycles. The highest BCUT2D eigenvalue weighted by Crippen LogP contribution is 2.48. The zero-order valence-electron chi connectivity index (χ0n) is 18.9. The molecule has 0 unspecified atom stereocenters. The second-order valence-electron chi connectivity index (χ2n) is 9.95. The van der Waals surface area contributed by atoms with Gasteiger partial charge in [0.15, 0.2) is 5.82 Å². The first kappa shape index (κ1) is 21.2. The van der Waals surface area contributed by atoms with Crippen LogP contribution in [-0.4, -0.2) is 90.4 Å². The number of amides is 2. The number of hydrogen-bond donors (Lipinski definition) is 2. The highest BCUT2D eigenvalue weighted by Gasteiger charge is 2.56. The van der Waals surface area contributed by atoms with E-state index in [-0.39, 0.29) is 42.0 Å². The fourth-order valence-electron chi connectivity index (χ4n) is 6.20. The largest absolute Gasteiger partial charge is 0.330 e. The van der Waals surface area contributed by atoms with E-state index in [4.69, 9.17) is 5.73 Å². The van der Waals surface area contributed by atoms with Crippen molar-refractivity contribution in [3.8, 4) is 17.5 Å². The van der Waals surface area contributed by atoms with Crippen LogP contribution in [0.3, 0.4) is 0 Å². The number of aromatic amines is 1. The number of piperidine rings is 1. The van der Waals surface area contributed by atoms with E-state index in [1.807, 2.05) is 36.1 Å². The minimum atomic E-state index is -0.722. The van der Waals surface area contributed by atoms with Gasteiger partial charge in [0.25, 0.3) is 0 Å². The van der Waals surface area contributed by atoms with Crippen molar-refractivity contribution in [1.29, 1.82) is 5.26 Å². The summed E-state index contributed by atoms with van der Waals surface area (Å²) in [5.41, 5.74) is 8.20. The molecule has 3 aliphatic heterocycles. The first-order valence-electron chi connectivity index (χ1n) is 11.8. The second kappa shape index (κ2) is 7.85. The highest BCUT2D eigenvalue weighted by atomic mass is 16.2. The number of hydrogen-bond acceptors (Lipinski definition) is 8. The van der Waals surface area contributed by atoms with Gasteiger partial charge in [-0.3, -0.25) is 14.5 Å². The van der Waals surface area contributed by atoms with Gasteiger partial charge in [0, 0.05) is 30.7 Å². The number of nitrogens with zero attached hydrogens (tertiary/aromatic N) is 7. The molecular weight excluding hydrogens is 434 g/mol. The van der Waals surface area contributed by atoms with E-state index in [0.717, 1.165) is 30.4 Å². The number of benzene rings is 1. The van der Waals surface area contributed by atoms with E-state index < -0.39 is 6.04 Å². The Morgan fingerprint density at radius 2 is 2.21 bits per heavy atom. The average Bonchev–Trinajstić information content (AvgIpc) is 3.28. The molecular formula is C23H27N9O2. The van der Waals surface area contributed by atoms with Crippen LogP contribution in [0.15, 0.2) is 24.3 Å². The zero-order valence-corrected chi connectivity index (χ0v) is 18.9. The number of tetrazole rings is 1. The monoisotopic (exact) mass is 461 g/mol. The third kappa shape index (κ3) is 3.28. The number of carbonyl (C=O) groups excluding carboxylic acids is 2. The van der Waals surface area contributed by atoms with Crippen molar-refractivity contribution in [3.63, 3.8) is 0 Å². The number of carbonyl (C=O) groups is 2. The number of rotatable bonds is 6. The van der Waals surface area contributed by atoms with E-state index in [9.17, 15) is 14.9 Å². The average molecular weight is 462 g/mol. The molecule has 1 aromatic heterocycles. The third-order valence-electron chi connectivity index (χ3n) is 7.98. The van der Waals surface area contributed by atoms with Crippen LogP contribution in [0.1, 0.15) is 37.8 Å². The summed E-state index contributed by atoms with van der Waals surface area (Å²) in [6, 6.07) is 8.96. The molecule has 4 aliphatic rings. The Morgan fingerprint density at radius 3 is 2.94 bits per heavy atom. The maximum atomic E-state index is 13.3. The molecule has 6 rings (SSSR count). The van der Waals surface area contributed by atoms with Crippen molar-refractivity contribution in [2.24, 2.45) is 11.7 Å². The maximum absolute atomic E-state index is 13.3. The van der Waals surface area contributed by atoms with Gasteiger partial charge < -0.3 is 15.5 Å². The molecule has 3 N–H and O–H groups in total. The van der Waals surface area contributed by atoms with Gasteiger partial charge >= 0.3 is 0 Å². The molecule has 4 heterocycles. The van der Waals surface area contributed by atoms with Gasteiger partial charge in [-0.2, -0.15) is 5.26 Å². The van der Waals surface area contributed by atoms with Crippen molar-refractivity contribution in [1.82, 2.24) is 35.3 Å². The highest BCUT2D eigenvalue weighted by molar-refractivity contribution is 5.87. The predicted octanol–water partition coefficient (Wildman–Crippen LogP) is 0.0531. The lowest BCUT2D eigenvalue weighted by molar-refractivity contribution is -0.141. The number of aromatic nitrogens is 4. The van der Waals surface area contributed by atoms with Crippen molar-refractivity contribution in [2.75, 3.05) is 13.1 Å². The number of nitriles is 1. The molecule has 3 saturated heterocycles. The molecule has 2 amide bonds. The van der Waals surface area contributed by atoms with Crippen LogP contribution < -0.4 is 5.73 Å². The first-order chi connectivity index (χ1) is 16.5. The smallest absolute Gasteiger partial charge is 0.242 e. The summed E-state index contributed by atoms with van der Waals surface area (Å²) in [7, 11) is 0. The van der Waals surface area contributed by atoms with Gasteiger partial charge in [0.2, 0.25) is 11.8 Å². The number of nitrogens with one attached hydrogen (secondary N) is 1. The van der Waals surface area contributed by atoms with Crippen molar-refractivity contribution >= 4 is 11.8 Å². The van der Waals surface area contributed by atoms with Gasteiger partial charge in [-0.15, -0.1) is 5.10 Å². The molecule has 1 aromatic carbocycles. The van der Waals surface area contributed by atoms with Crippen LogP contribution in [0.25, 0.3) is 11.4 Å². The Balaban J connectivity index is 1.12. The Hall–Kier alpha value is -3.36. The minimum absolute atomic E-state index is 0.0773. The van der Waals surface area contributed by atoms with E-state index in [1.165, 1.54) is 0 Å². The Bertz CT molecular complexity index is 1160. The van der Waals surface area contributed by atoms with Gasteiger partial charge in [0.1, 0.15) is 6.04 Å². The molecule has 11 nitrogen and oxygen atoms in total. The second-order valence-corrected chi connectivity index (χ2v) is 9.95. The zero-order chi connectivity index (χ0) is 23.6. The first-order valence-corrected chi connectivity index (χ1v) is 11.8. The summed E-state index contributed by atoms with van der Waals surface area (Å²) in [5.74, 6) is 0.963. The Labute approximate surface area is 196 Å². The van der Waals surface area contributed by atoms with Gasteiger partial charge in [0.05, 0.1) is 24.2 Å². The lowest BCUT2D eigenvalue weighted by Gasteiger charge is -2.38. The molecule has 4 fully saturated rings. The predicted molar refractivity (Wildman–Crippen MR) is 119 cm³/mol. The van der Waals surface area contributed by atoms with Crippen LogP contribution in [-0.2, 0) is 9.59 Å². The van der Waals surface area contributed by atoms with Crippen LogP contribution >= 0.6 is 0 Å². The van der Waals surface area contributed by atoms with Crippen molar-refractivity contribution < 1.29 is 9.59 Å². The molecule has 0 spiro atoms. The van der Waals surface area contributed by atoms with E-state index in [1.54, 1.807) is 4.90 Å². The summed E-state index contributed by atoms with van der Waals surface area (Å²) in [6.07, 6.45) is 2.48. The summed E-state index contributed by atoms with van der Waals surface area (Å²) >= 11 is 0. The summed E-state index contributed by atoms with van der Waals surface area (Å²) < 4.78 is 0. The molecule has 176 valence electrons. The molecule has 1 saturated carbocycles. The quantitative estimate of drug-likeness (QED) is 0.613. The molecule has 34 heavy (non-hydrogen) atoms. The number of nitrogens with two attached hydrogens (primary N) is 1. The topological polar surface area (TPSA) is 148 Å². The summed E-state index contributed by atoms with van der Waals surface area (Å²) in [5, 5.41) is 23.4. The van der Waals surface area contributed by atoms with E-state index >= 15 is 0 Å². The fraction of sp³-hybridized carbons (Fsp3) is 0.565. The molecule has 7 atom stereocenters. The van der Waals surface area contributed by atoms with Crippen LogP contribution in [0, 0.1) is 17.2 Å². The normalized spacial score (nSPS) is 31.4. The number of likely N-dealkylation sites (tertiary alicyclic amines) is 3. The Kier molecular flexibility index (Phi) is 4.89. The van der Waals surface area contributed by atoms with Crippen molar-refractivity contribution in [2.45, 2.75) is 62.4 Å². The standard InChI is InChI=1S/C23H27N9O2/c1-12(13-3-2-4-14(5-13)21-26-28-29-27-21)31-17-8-20(23(31)34)30(10-17)11-18(25)22(33)32-16(9-24)6-15-7-19(15)32/h2-5,12,15-20H,6-8,10-11,25H2,1H3,(H,26,27,28,29)/t12-,15+,16-,17-,18-,19-,20-/m0/s1. The van der Waals surface area contributed by atoms with Gasteiger partial charge in [-0.05, 0) is 54.2 Å². The number of piperazine rings is 1.